The number of esters is 1. The highest BCUT2D eigenvalue weighted by Crippen LogP contribution is 2.35. The normalized spacial score (nSPS) is 14.3. The van der Waals surface area contributed by atoms with Gasteiger partial charge in [-0.25, -0.2) is 9.59 Å². The molecule has 232 valence electrons. The van der Waals surface area contributed by atoms with Gasteiger partial charge in [-0.15, -0.1) is 0 Å². The molecule has 1 aromatic carbocycles. The molecule has 0 aliphatic rings. The predicted octanol–water partition coefficient (Wildman–Crippen LogP) is 6.06. The average molecular weight is 582 g/mol. The highest BCUT2D eigenvalue weighted by atomic mass is 16.7. The number of carbonyl (C=O) groups is 4. The smallest absolute Gasteiger partial charge is 0.480 e. The van der Waals surface area contributed by atoms with Gasteiger partial charge in [-0.2, -0.15) is 0 Å². The molecule has 0 saturated heterocycles. The SMILES string of the molecule is CCC(C)(C)C(=O)OC(C)CC(c1ccc(OC(=O)OCC(C)(C)C)c(OC(=O)OCC(C)(C)C)c1)[C@H](N)C(=O)O. The van der Waals surface area contributed by atoms with Gasteiger partial charge in [0.05, 0.1) is 24.7 Å². The van der Waals surface area contributed by atoms with Crippen LogP contribution in [-0.4, -0.2) is 54.7 Å². The van der Waals surface area contributed by atoms with E-state index in [9.17, 15) is 24.3 Å². The number of aliphatic carboxylic acids is 1. The second kappa shape index (κ2) is 14.5. The summed E-state index contributed by atoms with van der Waals surface area (Å²) < 4.78 is 26.6. The van der Waals surface area contributed by atoms with E-state index >= 15 is 0 Å². The second-order valence-electron chi connectivity index (χ2n) is 13.3. The van der Waals surface area contributed by atoms with Crippen molar-refractivity contribution in [2.75, 3.05) is 13.2 Å². The molecule has 0 bridgehead atoms. The summed E-state index contributed by atoms with van der Waals surface area (Å²) in [7, 11) is 0. The minimum absolute atomic E-state index is 0.0544. The maximum absolute atomic E-state index is 12.6. The predicted molar refractivity (Wildman–Crippen MR) is 152 cm³/mol. The molecule has 0 aromatic heterocycles. The highest BCUT2D eigenvalue weighted by molar-refractivity contribution is 5.76. The Morgan fingerprint density at radius 1 is 0.854 bits per heavy atom. The van der Waals surface area contributed by atoms with E-state index in [1.165, 1.54) is 18.2 Å². The van der Waals surface area contributed by atoms with E-state index in [0.717, 1.165) is 0 Å². The van der Waals surface area contributed by atoms with Crippen molar-refractivity contribution in [3.8, 4) is 11.5 Å². The van der Waals surface area contributed by atoms with Crippen molar-refractivity contribution in [2.45, 2.75) is 100 Å². The van der Waals surface area contributed by atoms with Crippen LogP contribution >= 0.6 is 0 Å². The van der Waals surface area contributed by atoms with Crippen molar-refractivity contribution in [1.82, 2.24) is 0 Å². The molecule has 41 heavy (non-hydrogen) atoms. The highest BCUT2D eigenvalue weighted by Gasteiger charge is 2.33. The fourth-order valence-electron chi connectivity index (χ4n) is 3.26. The Bertz CT molecular complexity index is 1070. The number of hydrogen-bond donors (Lipinski definition) is 2. The van der Waals surface area contributed by atoms with Crippen LogP contribution in [0.4, 0.5) is 9.59 Å². The molecule has 0 radical (unpaired) electrons. The maximum atomic E-state index is 12.6. The standard InChI is InChI=1S/C30H47NO10/c1-11-30(9,10)25(34)39-18(2)14-20(23(31)24(32)33)19-12-13-21(40-26(35)37-16-28(3,4)5)22(15-19)41-27(36)38-17-29(6,7)8/h12-13,15,18,20,23H,11,14,16-17,31H2,1-10H3,(H,32,33)/t18?,20?,23-/m0/s1. The summed E-state index contributed by atoms with van der Waals surface area (Å²) in [6, 6.07) is 2.80. The number of carbonyl (C=O) groups excluding carboxylic acids is 3. The monoisotopic (exact) mass is 581 g/mol. The van der Waals surface area contributed by atoms with E-state index in [-0.39, 0.29) is 42.0 Å². The van der Waals surface area contributed by atoms with Crippen LogP contribution in [0.25, 0.3) is 0 Å². The van der Waals surface area contributed by atoms with Gasteiger partial charge in [0.1, 0.15) is 6.04 Å². The van der Waals surface area contributed by atoms with Crippen molar-refractivity contribution in [3.63, 3.8) is 0 Å². The maximum Gasteiger partial charge on any atom is 0.513 e. The third-order valence-corrected chi connectivity index (χ3v) is 6.08. The fraction of sp³-hybridized carbons (Fsp3) is 0.667. The number of nitrogens with two attached hydrogens (primary N) is 1. The first-order valence-electron chi connectivity index (χ1n) is 13.7. The van der Waals surface area contributed by atoms with E-state index in [1.54, 1.807) is 20.8 Å². The van der Waals surface area contributed by atoms with Gasteiger partial charge in [-0.1, -0.05) is 54.5 Å². The molecule has 3 atom stereocenters. The zero-order chi connectivity index (χ0) is 31.8. The van der Waals surface area contributed by atoms with Crippen LogP contribution in [0.15, 0.2) is 18.2 Å². The average Bonchev–Trinajstić information content (AvgIpc) is 2.84. The molecule has 2 unspecified atom stereocenters. The van der Waals surface area contributed by atoms with Crippen LogP contribution in [0, 0.1) is 16.2 Å². The third kappa shape index (κ3) is 12.8. The van der Waals surface area contributed by atoms with Gasteiger partial charge < -0.3 is 34.5 Å². The molecule has 0 saturated carbocycles. The van der Waals surface area contributed by atoms with Gasteiger partial charge >= 0.3 is 24.2 Å². The molecule has 0 spiro atoms. The summed E-state index contributed by atoms with van der Waals surface area (Å²) in [6.45, 7) is 18.4. The molecule has 0 amide bonds. The van der Waals surface area contributed by atoms with Gasteiger partial charge in [-0.05, 0) is 62.1 Å². The van der Waals surface area contributed by atoms with Crippen LogP contribution in [0.3, 0.4) is 0 Å². The van der Waals surface area contributed by atoms with Gasteiger partial charge in [0.2, 0.25) is 0 Å². The first-order valence-corrected chi connectivity index (χ1v) is 13.7. The number of rotatable bonds is 12. The number of hydrogen-bond acceptors (Lipinski definition) is 10. The van der Waals surface area contributed by atoms with Gasteiger partial charge in [0.15, 0.2) is 11.5 Å². The van der Waals surface area contributed by atoms with Crippen molar-refractivity contribution < 1.29 is 48.0 Å². The largest absolute Gasteiger partial charge is 0.513 e. The lowest BCUT2D eigenvalue weighted by Crippen LogP contribution is -2.39. The Morgan fingerprint density at radius 2 is 1.34 bits per heavy atom. The summed E-state index contributed by atoms with van der Waals surface area (Å²) >= 11 is 0. The lowest BCUT2D eigenvalue weighted by Gasteiger charge is -2.28. The van der Waals surface area contributed by atoms with E-state index in [0.29, 0.717) is 12.0 Å². The molecule has 3 N–H and O–H groups in total. The molecule has 1 rings (SSSR count). The summed E-state index contributed by atoms with van der Waals surface area (Å²) in [5, 5.41) is 9.71. The van der Waals surface area contributed by atoms with Crippen LogP contribution in [0.1, 0.15) is 93.6 Å². The Hall–Kier alpha value is -3.34. The number of carboxylic acids is 1. The van der Waals surface area contributed by atoms with Gasteiger partial charge in [-0.3, -0.25) is 9.59 Å². The zero-order valence-electron chi connectivity index (χ0n) is 26.0. The van der Waals surface area contributed by atoms with Crippen molar-refractivity contribution in [1.29, 1.82) is 0 Å². The Labute approximate surface area is 243 Å². The minimum Gasteiger partial charge on any atom is -0.480 e. The third-order valence-electron chi connectivity index (χ3n) is 6.08. The Kier molecular flexibility index (Phi) is 12.6. The molecular weight excluding hydrogens is 534 g/mol. The van der Waals surface area contributed by atoms with Crippen LogP contribution in [-0.2, 0) is 23.8 Å². The van der Waals surface area contributed by atoms with Crippen molar-refractivity contribution in [3.05, 3.63) is 23.8 Å². The molecular formula is C30H47NO10. The number of carboxylic acid groups (broad SMARTS) is 1. The van der Waals surface area contributed by atoms with Crippen molar-refractivity contribution >= 4 is 24.2 Å². The first kappa shape index (κ1) is 35.7. The van der Waals surface area contributed by atoms with Crippen LogP contribution in [0.5, 0.6) is 11.5 Å². The summed E-state index contributed by atoms with van der Waals surface area (Å²) in [6.07, 6.45) is -2.14. The Balaban J connectivity index is 3.38. The van der Waals surface area contributed by atoms with E-state index < -0.39 is 47.7 Å². The fourth-order valence-corrected chi connectivity index (χ4v) is 3.26. The molecule has 11 nitrogen and oxygen atoms in total. The summed E-state index contributed by atoms with van der Waals surface area (Å²) in [5.74, 6) is -2.91. The molecule has 0 heterocycles. The first-order chi connectivity index (χ1) is 18.6. The zero-order valence-corrected chi connectivity index (χ0v) is 26.0. The molecule has 0 fully saturated rings. The van der Waals surface area contributed by atoms with Crippen LogP contribution < -0.4 is 15.2 Å². The minimum atomic E-state index is -1.39. The molecule has 1 aromatic rings. The summed E-state index contributed by atoms with van der Waals surface area (Å²) in [4.78, 5) is 49.4. The van der Waals surface area contributed by atoms with Gasteiger partial charge in [0.25, 0.3) is 0 Å². The van der Waals surface area contributed by atoms with E-state index in [4.69, 9.17) is 29.4 Å². The van der Waals surface area contributed by atoms with Gasteiger partial charge in [0, 0.05) is 5.92 Å². The number of benzene rings is 1. The lowest BCUT2D eigenvalue weighted by atomic mass is 9.86. The Morgan fingerprint density at radius 3 is 1.78 bits per heavy atom. The van der Waals surface area contributed by atoms with E-state index in [1.807, 2.05) is 48.5 Å². The quantitative estimate of drug-likeness (QED) is 0.168. The molecule has 0 aliphatic carbocycles. The number of ether oxygens (including phenoxy) is 5. The lowest BCUT2D eigenvalue weighted by molar-refractivity contribution is -0.159. The molecule has 0 aliphatic heterocycles. The second-order valence-corrected chi connectivity index (χ2v) is 13.3. The van der Waals surface area contributed by atoms with E-state index in [2.05, 4.69) is 0 Å². The molecule has 11 heteroatoms. The topological polar surface area (TPSA) is 161 Å². The van der Waals surface area contributed by atoms with Crippen molar-refractivity contribution in [2.24, 2.45) is 22.0 Å². The summed E-state index contributed by atoms with van der Waals surface area (Å²) in [5.41, 5.74) is 5.04. The van der Waals surface area contributed by atoms with Crippen LogP contribution in [0.2, 0.25) is 0 Å².